The summed E-state index contributed by atoms with van der Waals surface area (Å²) in [5.74, 6) is -1.58. The Kier molecular flexibility index (Phi) is 5.06. The number of benzene rings is 2. The Morgan fingerprint density at radius 2 is 2.00 bits per heavy atom. The van der Waals surface area contributed by atoms with Gasteiger partial charge in [-0.3, -0.25) is 0 Å². The number of hydrogen-bond donors (Lipinski definition) is 3. The number of urea groups is 1. The van der Waals surface area contributed by atoms with Crippen molar-refractivity contribution in [3.63, 3.8) is 0 Å². The molecule has 2 aromatic carbocycles. The van der Waals surface area contributed by atoms with E-state index in [1.54, 1.807) is 18.2 Å². The first-order valence-corrected chi connectivity index (χ1v) is 6.70. The van der Waals surface area contributed by atoms with Crippen molar-refractivity contribution in [1.29, 1.82) is 0 Å². The minimum Gasteiger partial charge on any atom is -0.386 e. The lowest BCUT2D eigenvalue weighted by Crippen LogP contribution is -2.32. The molecular weight excluding hydrogens is 290 g/mol. The van der Waals surface area contributed by atoms with Crippen LogP contribution in [0.15, 0.2) is 42.5 Å². The lowest BCUT2D eigenvalue weighted by Gasteiger charge is -2.14. The van der Waals surface area contributed by atoms with Crippen LogP contribution in [0.4, 0.5) is 19.3 Å². The fourth-order valence-electron chi connectivity index (χ4n) is 1.97. The van der Waals surface area contributed by atoms with Gasteiger partial charge in [-0.25, -0.2) is 13.6 Å². The molecule has 0 heterocycles. The van der Waals surface area contributed by atoms with Crippen molar-refractivity contribution < 1.29 is 18.7 Å². The molecule has 0 spiro atoms. The number of halogens is 2. The summed E-state index contributed by atoms with van der Waals surface area (Å²) >= 11 is 0. The lowest BCUT2D eigenvalue weighted by atomic mass is 10.1. The summed E-state index contributed by atoms with van der Waals surface area (Å²) in [5, 5.41) is 14.9. The molecule has 2 rings (SSSR count). The Morgan fingerprint density at radius 1 is 1.23 bits per heavy atom. The molecule has 2 amide bonds. The number of carbonyl (C=O) groups is 1. The van der Waals surface area contributed by atoms with E-state index in [1.807, 2.05) is 13.0 Å². The highest BCUT2D eigenvalue weighted by Gasteiger charge is 2.14. The first kappa shape index (κ1) is 15.9. The van der Waals surface area contributed by atoms with E-state index in [2.05, 4.69) is 10.6 Å². The van der Waals surface area contributed by atoms with Crippen LogP contribution in [-0.4, -0.2) is 17.7 Å². The van der Waals surface area contributed by atoms with Crippen LogP contribution in [0.25, 0.3) is 0 Å². The SMILES string of the molecule is Cc1cccc(NC(=O)NC[C@@H](O)c2ccc(F)cc2F)c1. The van der Waals surface area contributed by atoms with Crippen molar-refractivity contribution in [3.8, 4) is 0 Å². The largest absolute Gasteiger partial charge is 0.386 e. The Balaban J connectivity index is 1.90. The molecule has 0 aliphatic carbocycles. The van der Waals surface area contributed by atoms with Gasteiger partial charge in [0.2, 0.25) is 0 Å². The molecule has 0 bridgehead atoms. The van der Waals surface area contributed by atoms with E-state index < -0.39 is 23.8 Å². The second-order valence-electron chi connectivity index (χ2n) is 4.89. The Labute approximate surface area is 126 Å². The summed E-state index contributed by atoms with van der Waals surface area (Å²) < 4.78 is 26.3. The van der Waals surface area contributed by atoms with Gasteiger partial charge in [-0.05, 0) is 30.7 Å². The maximum atomic E-state index is 13.5. The van der Waals surface area contributed by atoms with E-state index in [0.717, 1.165) is 17.7 Å². The van der Waals surface area contributed by atoms with Crippen LogP contribution in [0.2, 0.25) is 0 Å². The summed E-state index contributed by atoms with van der Waals surface area (Å²) in [6.07, 6.45) is -1.26. The zero-order chi connectivity index (χ0) is 16.1. The fraction of sp³-hybridized carbons (Fsp3) is 0.188. The van der Waals surface area contributed by atoms with E-state index in [9.17, 15) is 18.7 Å². The first-order valence-electron chi connectivity index (χ1n) is 6.70. The van der Waals surface area contributed by atoms with Gasteiger partial charge in [0.25, 0.3) is 0 Å². The van der Waals surface area contributed by atoms with Crippen molar-refractivity contribution >= 4 is 11.7 Å². The molecule has 3 N–H and O–H groups in total. The van der Waals surface area contributed by atoms with E-state index >= 15 is 0 Å². The molecule has 4 nitrogen and oxygen atoms in total. The predicted octanol–water partition coefficient (Wildman–Crippen LogP) is 3.13. The van der Waals surface area contributed by atoms with E-state index in [0.29, 0.717) is 11.8 Å². The normalized spacial score (nSPS) is 11.8. The van der Waals surface area contributed by atoms with Crippen LogP contribution < -0.4 is 10.6 Å². The number of carbonyl (C=O) groups excluding carboxylic acids is 1. The summed E-state index contributed by atoms with van der Waals surface area (Å²) in [4.78, 5) is 11.7. The van der Waals surface area contributed by atoms with Crippen LogP contribution in [0.5, 0.6) is 0 Å². The highest BCUT2D eigenvalue weighted by molar-refractivity contribution is 5.89. The summed E-state index contributed by atoms with van der Waals surface area (Å²) in [7, 11) is 0. The molecule has 0 unspecified atom stereocenters. The van der Waals surface area contributed by atoms with Crippen molar-refractivity contribution in [2.45, 2.75) is 13.0 Å². The highest BCUT2D eigenvalue weighted by atomic mass is 19.1. The smallest absolute Gasteiger partial charge is 0.319 e. The minimum atomic E-state index is -1.26. The first-order chi connectivity index (χ1) is 10.5. The zero-order valence-corrected chi connectivity index (χ0v) is 11.9. The van der Waals surface area contributed by atoms with Gasteiger partial charge >= 0.3 is 6.03 Å². The molecule has 0 aliphatic rings. The van der Waals surface area contributed by atoms with Crippen LogP contribution in [0.3, 0.4) is 0 Å². The summed E-state index contributed by atoms with van der Waals surface area (Å²) in [5.41, 5.74) is 1.53. The molecule has 0 aliphatic heterocycles. The van der Waals surface area contributed by atoms with Gasteiger partial charge in [0.05, 0.1) is 6.10 Å². The molecular formula is C16H16F2N2O2. The molecule has 0 fully saturated rings. The third-order valence-electron chi connectivity index (χ3n) is 3.05. The Morgan fingerprint density at radius 3 is 2.68 bits per heavy atom. The average molecular weight is 306 g/mol. The predicted molar refractivity (Wildman–Crippen MR) is 79.5 cm³/mol. The van der Waals surface area contributed by atoms with Crippen molar-refractivity contribution in [2.75, 3.05) is 11.9 Å². The molecule has 0 radical (unpaired) electrons. The van der Waals surface area contributed by atoms with Gasteiger partial charge in [0.15, 0.2) is 0 Å². The van der Waals surface area contributed by atoms with E-state index in [-0.39, 0.29) is 12.1 Å². The number of aliphatic hydroxyl groups excluding tert-OH is 1. The zero-order valence-electron chi connectivity index (χ0n) is 11.9. The third kappa shape index (κ3) is 4.26. The number of aliphatic hydroxyl groups is 1. The molecule has 116 valence electrons. The number of amides is 2. The van der Waals surface area contributed by atoms with E-state index in [4.69, 9.17) is 0 Å². The monoisotopic (exact) mass is 306 g/mol. The highest BCUT2D eigenvalue weighted by Crippen LogP contribution is 2.17. The second kappa shape index (κ2) is 7.00. The molecule has 22 heavy (non-hydrogen) atoms. The molecule has 0 aromatic heterocycles. The molecule has 2 aromatic rings. The van der Waals surface area contributed by atoms with Crippen LogP contribution in [0, 0.1) is 18.6 Å². The summed E-state index contributed by atoms with van der Waals surface area (Å²) in [6.45, 7) is 1.70. The van der Waals surface area contributed by atoms with Gasteiger partial charge in [-0.2, -0.15) is 0 Å². The van der Waals surface area contributed by atoms with Crippen molar-refractivity contribution in [3.05, 3.63) is 65.2 Å². The van der Waals surface area contributed by atoms with Crippen molar-refractivity contribution in [2.24, 2.45) is 0 Å². The number of anilines is 1. The van der Waals surface area contributed by atoms with Gasteiger partial charge in [-0.15, -0.1) is 0 Å². The number of aryl methyl sites for hydroxylation is 1. The molecule has 6 heteroatoms. The number of rotatable bonds is 4. The minimum absolute atomic E-state index is 0.0720. The van der Waals surface area contributed by atoms with Gasteiger partial charge in [0, 0.05) is 23.9 Å². The van der Waals surface area contributed by atoms with Crippen LogP contribution in [0.1, 0.15) is 17.2 Å². The second-order valence-corrected chi connectivity index (χ2v) is 4.89. The van der Waals surface area contributed by atoms with Crippen LogP contribution >= 0.6 is 0 Å². The Hall–Kier alpha value is -2.47. The maximum absolute atomic E-state index is 13.5. The summed E-state index contributed by atoms with van der Waals surface area (Å²) in [6, 6.07) is 9.57. The number of hydrogen-bond acceptors (Lipinski definition) is 2. The van der Waals surface area contributed by atoms with Gasteiger partial charge in [-0.1, -0.05) is 18.2 Å². The third-order valence-corrected chi connectivity index (χ3v) is 3.05. The lowest BCUT2D eigenvalue weighted by molar-refractivity contribution is 0.170. The molecule has 1 atom stereocenters. The quantitative estimate of drug-likeness (QED) is 0.812. The fourth-order valence-corrected chi connectivity index (χ4v) is 1.97. The van der Waals surface area contributed by atoms with Gasteiger partial charge < -0.3 is 15.7 Å². The number of nitrogens with one attached hydrogen (secondary N) is 2. The van der Waals surface area contributed by atoms with E-state index in [1.165, 1.54) is 0 Å². The molecule has 0 saturated carbocycles. The molecule has 0 saturated heterocycles. The van der Waals surface area contributed by atoms with Gasteiger partial charge in [0.1, 0.15) is 11.6 Å². The maximum Gasteiger partial charge on any atom is 0.319 e. The van der Waals surface area contributed by atoms with Crippen molar-refractivity contribution in [1.82, 2.24) is 5.32 Å². The standard InChI is InChI=1S/C16H16F2N2O2/c1-10-3-2-4-12(7-10)20-16(22)19-9-15(21)13-6-5-11(17)8-14(13)18/h2-8,15,21H,9H2,1H3,(H2,19,20,22)/t15-/m1/s1. The average Bonchev–Trinajstić information content (AvgIpc) is 2.45. The topological polar surface area (TPSA) is 61.4 Å². The Bertz CT molecular complexity index is 677. The van der Waals surface area contributed by atoms with Crippen LogP contribution in [-0.2, 0) is 0 Å².